The zero-order valence-electron chi connectivity index (χ0n) is 11.2. The molecule has 0 aromatic rings. The standard InChI is InChI=1S/C15H25NO/c1-16(2)9-5-8-14-10-12-6-3-4-7-13(12)11-15(14)17/h3-4,14-15,17H,5-11H2,1-2H3/t14-,15-/m0/s1. The van der Waals surface area contributed by atoms with Gasteiger partial charge in [-0.2, -0.15) is 0 Å². The third-order valence-electron chi connectivity index (χ3n) is 4.08. The number of hydrogen-bond donors (Lipinski definition) is 1. The predicted octanol–water partition coefficient (Wildman–Crippen LogP) is 2.75. The number of rotatable bonds is 4. The van der Waals surface area contributed by atoms with Crippen LogP contribution in [0.5, 0.6) is 0 Å². The van der Waals surface area contributed by atoms with Gasteiger partial charge >= 0.3 is 0 Å². The van der Waals surface area contributed by atoms with Crippen molar-refractivity contribution < 1.29 is 5.11 Å². The number of aliphatic hydroxyl groups is 1. The van der Waals surface area contributed by atoms with Gasteiger partial charge in [0.2, 0.25) is 0 Å². The Morgan fingerprint density at radius 3 is 2.47 bits per heavy atom. The second-order valence-corrected chi connectivity index (χ2v) is 5.77. The summed E-state index contributed by atoms with van der Waals surface area (Å²) in [6.45, 7) is 1.13. The van der Waals surface area contributed by atoms with Crippen LogP contribution in [0, 0.1) is 5.92 Å². The molecular formula is C15H25NO. The Kier molecular flexibility index (Phi) is 4.41. The molecule has 0 unspecified atom stereocenters. The van der Waals surface area contributed by atoms with Gasteiger partial charge in [-0.05, 0) is 65.1 Å². The largest absolute Gasteiger partial charge is 0.392 e. The summed E-state index contributed by atoms with van der Waals surface area (Å²) in [6.07, 6.45) is 11.1. The molecule has 0 radical (unpaired) electrons. The maximum absolute atomic E-state index is 10.2. The van der Waals surface area contributed by atoms with Crippen LogP contribution in [0.25, 0.3) is 0 Å². The third-order valence-corrected chi connectivity index (χ3v) is 4.08. The highest BCUT2D eigenvalue weighted by molar-refractivity contribution is 5.27. The molecule has 2 heteroatoms. The molecule has 2 rings (SSSR count). The first kappa shape index (κ1) is 12.8. The van der Waals surface area contributed by atoms with E-state index in [9.17, 15) is 5.11 Å². The molecule has 2 atom stereocenters. The fourth-order valence-electron chi connectivity index (χ4n) is 3.03. The van der Waals surface area contributed by atoms with E-state index in [-0.39, 0.29) is 6.10 Å². The van der Waals surface area contributed by atoms with Crippen LogP contribution in [0.15, 0.2) is 23.3 Å². The smallest absolute Gasteiger partial charge is 0.0608 e. The number of hydrogen-bond acceptors (Lipinski definition) is 2. The van der Waals surface area contributed by atoms with E-state index in [2.05, 4.69) is 31.1 Å². The SMILES string of the molecule is CN(C)CCC[C@H]1CC2=C(CC=CC2)C[C@@H]1O. The summed E-state index contributed by atoms with van der Waals surface area (Å²) in [7, 11) is 4.23. The highest BCUT2D eigenvalue weighted by Crippen LogP contribution is 2.37. The van der Waals surface area contributed by atoms with Gasteiger partial charge in [-0.3, -0.25) is 0 Å². The molecule has 0 saturated heterocycles. The Balaban J connectivity index is 1.86. The molecule has 0 fully saturated rings. The molecular weight excluding hydrogens is 210 g/mol. The van der Waals surface area contributed by atoms with Gasteiger partial charge in [0.05, 0.1) is 6.10 Å². The number of nitrogens with zero attached hydrogens (tertiary/aromatic N) is 1. The third kappa shape index (κ3) is 3.43. The molecule has 0 aromatic carbocycles. The minimum absolute atomic E-state index is 0.0950. The predicted molar refractivity (Wildman–Crippen MR) is 71.9 cm³/mol. The van der Waals surface area contributed by atoms with E-state index < -0.39 is 0 Å². The zero-order valence-corrected chi connectivity index (χ0v) is 11.2. The average molecular weight is 235 g/mol. The second kappa shape index (κ2) is 5.83. The van der Waals surface area contributed by atoms with Crippen molar-refractivity contribution in [1.29, 1.82) is 0 Å². The van der Waals surface area contributed by atoms with E-state index in [1.807, 2.05) is 0 Å². The molecule has 2 aliphatic carbocycles. The zero-order chi connectivity index (χ0) is 12.3. The van der Waals surface area contributed by atoms with Gasteiger partial charge in [0.15, 0.2) is 0 Å². The fourth-order valence-corrected chi connectivity index (χ4v) is 3.03. The van der Waals surface area contributed by atoms with Crippen LogP contribution < -0.4 is 0 Å². The molecule has 0 amide bonds. The van der Waals surface area contributed by atoms with E-state index >= 15 is 0 Å². The molecule has 0 spiro atoms. The Hall–Kier alpha value is -0.600. The lowest BCUT2D eigenvalue weighted by atomic mass is 9.76. The monoisotopic (exact) mass is 235 g/mol. The van der Waals surface area contributed by atoms with Crippen LogP contribution in [0.3, 0.4) is 0 Å². The fraction of sp³-hybridized carbons (Fsp3) is 0.733. The van der Waals surface area contributed by atoms with Gasteiger partial charge in [-0.1, -0.05) is 23.3 Å². The summed E-state index contributed by atoms with van der Waals surface area (Å²) in [4.78, 5) is 2.23. The molecule has 17 heavy (non-hydrogen) atoms. The lowest BCUT2D eigenvalue weighted by molar-refractivity contribution is 0.0907. The summed E-state index contributed by atoms with van der Waals surface area (Å²) in [5.41, 5.74) is 3.14. The van der Waals surface area contributed by atoms with Crippen molar-refractivity contribution in [2.24, 2.45) is 5.92 Å². The molecule has 0 bridgehead atoms. The van der Waals surface area contributed by atoms with Gasteiger partial charge < -0.3 is 10.0 Å². The quantitative estimate of drug-likeness (QED) is 0.757. The van der Waals surface area contributed by atoms with E-state index in [1.165, 1.54) is 18.4 Å². The first-order valence-corrected chi connectivity index (χ1v) is 6.84. The first-order valence-electron chi connectivity index (χ1n) is 6.84. The van der Waals surface area contributed by atoms with Gasteiger partial charge in [0.25, 0.3) is 0 Å². The minimum atomic E-state index is -0.0950. The number of allylic oxidation sites excluding steroid dienone is 3. The molecule has 0 aliphatic heterocycles. The molecule has 96 valence electrons. The summed E-state index contributed by atoms with van der Waals surface area (Å²) in [5, 5.41) is 10.2. The van der Waals surface area contributed by atoms with E-state index in [0.717, 1.165) is 32.2 Å². The van der Waals surface area contributed by atoms with Crippen LogP contribution in [-0.2, 0) is 0 Å². The van der Waals surface area contributed by atoms with Gasteiger partial charge in [0, 0.05) is 0 Å². The summed E-state index contributed by atoms with van der Waals surface area (Å²) in [6, 6.07) is 0. The molecule has 1 N–H and O–H groups in total. The van der Waals surface area contributed by atoms with Crippen molar-refractivity contribution in [2.75, 3.05) is 20.6 Å². The Labute approximate surface area is 105 Å². The minimum Gasteiger partial charge on any atom is -0.392 e. The maximum Gasteiger partial charge on any atom is 0.0608 e. The van der Waals surface area contributed by atoms with Crippen molar-refractivity contribution in [2.45, 2.75) is 44.6 Å². The van der Waals surface area contributed by atoms with Crippen molar-refractivity contribution >= 4 is 0 Å². The van der Waals surface area contributed by atoms with Crippen molar-refractivity contribution in [3.63, 3.8) is 0 Å². The van der Waals surface area contributed by atoms with Crippen molar-refractivity contribution in [3.8, 4) is 0 Å². The van der Waals surface area contributed by atoms with Gasteiger partial charge in [-0.15, -0.1) is 0 Å². The van der Waals surface area contributed by atoms with Crippen LogP contribution in [0.2, 0.25) is 0 Å². The van der Waals surface area contributed by atoms with Crippen LogP contribution >= 0.6 is 0 Å². The Morgan fingerprint density at radius 2 is 1.82 bits per heavy atom. The van der Waals surface area contributed by atoms with Crippen LogP contribution in [0.1, 0.15) is 38.5 Å². The van der Waals surface area contributed by atoms with Crippen LogP contribution in [-0.4, -0.2) is 36.8 Å². The van der Waals surface area contributed by atoms with Gasteiger partial charge in [-0.25, -0.2) is 0 Å². The topological polar surface area (TPSA) is 23.5 Å². The Morgan fingerprint density at radius 1 is 1.18 bits per heavy atom. The lowest BCUT2D eigenvalue weighted by Gasteiger charge is -2.33. The van der Waals surface area contributed by atoms with Crippen molar-refractivity contribution in [1.82, 2.24) is 4.90 Å². The second-order valence-electron chi connectivity index (χ2n) is 5.77. The molecule has 0 saturated carbocycles. The normalized spacial score (nSPS) is 28.7. The average Bonchev–Trinajstić information content (AvgIpc) is 2.29. The molecule has 2 nitrogen and oxygen atoms in total. The van der Waals surface area contributed by atoms with Crippen LogP contribution in [0.4, 0.5) is 0 Å². The highest BCUT2D eigenvalue weighted by Gasteiger charge is 2.28. The highest BCUT2D eigenvalue weighted by atomic mass is 16.3. The molecule has 2 aliphatic rings. The summed E-state index contributed by atoms with van der Waals surface area (Å²) >= 11 is 0. The summed E-state index contributed by atoms with van der Waals surface area (Å²) in [5.74, 6) is 0.500. The van der Waals surface area contributed by atoms with E-state index in [4.69, 9.17) is 0 Å². The lowest BCUT2D eigenvalue weighted by Crippen LogP contribution is -2.28. The number of aliphatic hydroxyl groups excluding tert-OH is 1. The Bertz CT molecular complexity index is 317. The van der Waals surface area contributed by atoms with Crippen molar-refractivity contribution in [3.05, 3.63) is 23.3 Å². The molecule has 0 aromatic heterocycles. The van der Waals surface area contributed by atoms with Gasteiger partial charge in [0.1, 0.15) is 0 Å². The molecule has 0 heterocycles. The first-order chi connectivity index (χ1) is 8.16. The summed E-state index contributed by atoms with van der Waals surface area (Å²) < 4.78 is 0. The van der Waals surface area contributed by atoms with E-state index in [1.54, 1.807) is 5.57 Å². The maximum atomic E-state index is 10.2. The van der Waals surface area contributed by atoms with E-state index in [0.29, 0.717) is 5.92 Å².